The van der Waals surface area contributed by atoms with E-state index in [9.17, 15) is 13.2 Å². The highest BCUT2D eigenvalue weighted by Gasteiger charge is 2.26. The molecule has 1 saturated heterocycles. The molecule has 1 amide bonds. The van der Waals surface area contributed by atoms with Crippen molar-refractivity contribution in [2.45, 2.75) is 44.4 Å². The average molecular weight is 387 g/mol. The van der Waals surface area contributed by atoms with E-state index >= 15 is 0 Å². The van der Waals surface area contributed by atoms with Gasteiger partial charge in [-0.1, -0.05) is 18.2 Å². The monoisotopic (exact) mass is 386 g/mol. The van der Waals surface area contributed by atoms with Gasteiger partial charge in [-0.3, -0.25) is 4.79 Å². The maximum atomic E-state index is 12.5. The molecule has 0 atom stereocenters. The van der Waals surface area contributed by atoms with Crippen molar-refractivity contribution >= 4 is 21.6 Å². The highest BCUT2D eigenvalue weighted by molar-refractivity contribution is 7.89. The van der Waals surface area contributed by atoms with Crippen molar-refractivity contribution in [3.05, 3.63) is 59.2 Å². The third kappa shape index (κ3) is 4.76. The van der Waals surface area contributed by atoms with Gasteiger partial charge in [-0.2, -0.15) is 4.31 Å². The number of sulfonamides is 1. The van der Waals surface area contributed by atoms with Gasteiger partial charge in [0.2, 0.25) is 15.9 Å². The number of nitrogens with one attached hydrogen (secondary N) is 1. The molecule has 1 aliphatic heterocycles. The number of aryl methyl sites for hydroxylation is 3. The molecule has 0 saturated carbocycles. The normalized spacial score (nSPS) is 15.0. The van der Waals surface area contributed by atoms with Gasteiger partial charge < -0.3 is 5.32 Å². The van der Waals surface area contributed by atoms with Gasteiger partial charge in [-0.15, -0.1) is 0 Å². The van der Waals surface area contributed by atoms with Crippen LogP contribution < -0.4 is 5.32 Å². The molecule has 1 aliphatic rings. The van der Waals surface area contributed by atoms with Gasteiger partial charge in [-0.05, 0) is 74.1 Å². The second-order valence-corrected chi connectivity index (χ2v) is 9.04. The lowest BCUT2D eigenvalue weighted by Crippen LogP contribution is -2.27. The Labute approximate surface area is 161 Å². The number of benzene rings is 2. The lowest BCUT2D eigenvalue weighted by Gasteiger charge is -2.15. The van der Waals surface area contributed by atoms with E-state index in [1.807, 2.05) is 6.07 Å². The molecule has 27 heavy (non-hydrogen) atoms. The van der Waals surface area contributed by atoms with E-state index in [4.69, 9.17) is 0 Å². The first-order chi connectivity index (χ1) is 12.9. The Morgan fingerprint density at radius 3 is 2.30 bits per heavy atom. The van der Waals surface area contributed by atoms with E-state index in [1.165, 1.54) is 15.4 Å². The zero-order chi connectivity index (χ0) is 19.4. The Balaban J connectivity index is 1.57. The first kappa shape index (κ1) is 19.6. The second kappa shape index (κ2) is 8.23. The van der Waals surface area contributed by atoms with E-state index in [1.54, 1.807) is 24.3 Å². The van der Waals surface area contributed by atoms with Gasteiger partial charge in [0.25, 0.3) is 0 Å². The fourth-order valence-corrected chi connectivity index (χ4v) is 4.75. The molecular formula is C21H26N2O3S. The molecule has 0 spiro atoms. The van der Waals surface area contributed by atoms with Crippen molar-refractivity contribution in [3.63, 3.8) is 0 Å². The van der Waals surface area contributed by atoms with Crippen LogP contribution in [0.5, 0.6) is 0 Å². The number of rotatable bonds is 6. The SMILES string of the molecule is Cc1ccc(CCC(=O)Nc2ccc(S(=O)(=O)N3CCCC3)cc2)cc1C. The molecule has 0 bridgehead atoms. The predicted octanol–water partition coefficient (Wildman–Crippen LogP) is 3.66. The summed E-state index contributed by atoms with van der Waals surface area (Å²) in [6, 6.07) is 12.7. The summed E-state index contributed by atoms with van der Waals surface area (Å²) in [6.07, 6.45) is 2.88. The minimum Gasteiger partial charge on any atom is -0.326 e. The van der Waals surface area contributed by atoms with Gasteiger partial charge in [0.1, 0.15) is 0 Å². The topological polar surface area (TPSA) is 66.5 Å². The third-order valence-corrected chi connectivity index (χ3v) is 6.97. The molecule has 0 aromatic heterocycles. The highest BCUT2D eigenvalue weighted by Crippen LogP contribution is 2.22. The van der Waals surface area contributed by atoms with Gasteiger partial charge in [0.15, 0.2) is 0 Å². The number of carbonyl (C=O) groups excluding carboxylic acids is 1. The Morgan fingerprint density at radius 2 is 1.67 bits per heavy atom. The smallest absolute Gasteiger partial charge is 0.243 e. The van der Waals surface area contributed by atoms with Gasteiger partial charge >= 0.3 is 0 Å². The van der Waals surface area contributed by atoms with E-state index in [0.29, 0.717) is 31.6 Å². The van der Waals surface area contributed by atoms with E-state index in [-0.39, 0.29) is 10.8 Å². The van der Waals surface area contributed by atoms with Crippen LogP contribution in [0.2, 0.25) is 0 Å². The molecule has 2 aromatic rings. The van der Waals surface area contributed by atoms with Crippen LogP contribution in [0, 0.1) is 13.8 Å². The lowest BCUT2D eigenvalue weighted by atomic mass is 10.0. The fourth-order valence-electron chi connectivity index (χ4n) is 3.23. The molecular weight excluding hydrogens is 360 g/mol. The van der Waals surface area contributed by atoms with Crippen molar-refractivity contribution in [2.24, 2.45) is 0 Å². The maximum absolute atomic E-state index is 12.5. The summed E-state index contributed by atoms with van der Waals surface area (Å²) in [4.78, 5) is 12.5. The highest BCUT2D eigenvalue weighted by atomic mass is 32.2. The zero-order valence-corrected chi connectivity index (χ0v) is 16.7. The number of carbonyl (C=O) groups is 1. The summed E-state index contributed by atoms with van der Waals surface area (Å²) in [7, 11) is -3.42. The molecule has 2 aromatic carbocycles. The molecule has 0 aliphatic carbocycles. The van der Waals surface area contributed by atoms with Crippen molar-refractivity contribution in [2.75, 3.05) is 18.4 Å². The van der Waals surface area contributed by atoms with Crippen LogP contribution in [0.3, 0.4) is 0 Å². The van der Waals surface area contributed by atoms with E-state index in [2.05, 4.69) is 31.3 Å². The zero-order valence-electron chi connectivity index (χ0n) is 15.9. The number of amides is 1. The van der Waals surface area contributed by atoms with Crippen molar-refractivity contribution < 1.29 is 13.2 Å². The summed E-state index contributed by atoms with van der Waals surface area (Å²) < 4.78 is 26.6. The number of nitrogens with zero attached hydrogens (tertiary/aromatic N) is 1. The summed E-state index contributed by atoms with van der Waals surface area (Å²) in [5, 5.41) is 2.84. The van der Waals surface area contributed by atoms with Gasteiger partial charge in [0, 0.05) is 25.2 Å². The molecule has 1 heterocycles. The fraction of sp³-hybridized carbons (Fsp3) is 0.381. The average Bonchev–Trinajstić information content (AvgIpc) is 3.19. The number of anilines is 1. The molecule has 3 rings (SSSR count). The number of hydrogen-bond acceptors (Lipinski definition) is 3. The summed E-state index contributed by atoms with van der Waals surface area (Å²) in [6.45, 7) is 5.30. The molecule has 1 N–H and O–H groups in total. The number of hydrogen-bond donors (Lipinski definition) is 1. The summed E-state index contributed by atoms with van der Waals surface area (Å²) in [5.74, 6) is -0.0802. The Kier molecular flexibility index (Phi) is 5.97. The molecule has 5 nitrogen and oxygen atoms in total. The van der Waals surface area contributed by atoms with Crippen LogP contribution in [0.1, 0.15) is 36.0 Å². The maximum Gasteiger partial charge on any atom is 0.243 e. The van der Waals surface area contributed by atoms with Gasteiger partial charge in [-0.25, -0.2) is 8.42 Å². The lowest BCUT2D eigenvalue weighted by molar-refractivity contribution is -0.116. The van der Waals surface area contributed by atoms with Crippen molar-refractivity contribution in [1.29, 1.82) is 0 Å². The first-order valence-electron chi connectivity index (χ1n) is 9.32. The Hall–Kier alpha value is -2.18. The Morgan fingerprint density at radius 1 is 1.00 bits per heavy atom. The quantitative estimate of drug-likeness (QED) is 0.824. The van der Waals surface area contributed by atoms with Crippen LogP contribution in [-0.4, -0.2) is 31.7 Å². The van der Waals surface area contributed by atoms with Crippen LogP contribution in [0.25, 0.3) is 0 Å². The van der Waals surface area contributed by atoms with Crippen LogP contribution >= 0.6 is 0 Å². The largest absolute Gasteiger partial charge is 0.326 e. The predicted molar refractivity (Wildman–Crippen MR) is 107 cm³/mol. The molecule has 0 unspecified atom stereocenters. The molecule has 1 fully saturated rings. The third-order valence-electron chi connectivity index (χ3n) is 5.05. The summed E-state index contributed by atoms with van der Waals surface area (Å²) >= 11 is 0. The van der Waals surface area contributed by atoms with Crippen LogP contribution in [0.4, 0.5) is 5.69 Å². The summed E-state index contributed by atoms with van der Waals surface area (Å²) in [5.41, 5.74) is 4.22. The van der Waals surface area contributed by atoms with E-state index < -0.39 is 10.0 Å². The molecule has 144 valence electrons. The first-order valence-corrected chi connectivity index (χ1v) is 10.8. The van der Waals surface area contributed by atoms with Crippen LogP contribution in [0.15, 0.2) is 47.4 Å². The van der Waals surface area contributed by atoms with Crippen LogP contribution in [-0.2, 0) is 21.2 Å². The van der Waals surface area contributed by atoms with Gasteiger partial charge in [0.05, 0.1) is 4.90 Å². The minimum atomic E-state index is -3.42. The Bertz CT molecular complexity index is 915. The van der Waals surface area contributed by atoms with Crippen molar-refractivity contribution in [1.82, 2.24) is 4.31 Å². The van der Waals surface area contributed by atoms with E-state index in [0.717, 1.165) is 18.4 Å². The minimum absolute atomic E-state index is 0.0802. The van der Waals surface area contributed by atoms with Crippen molar-refractivity contribution in [3.8, 4) is 0 Å². The standard InChI is InChI=1S/C21H26N2O3S/c1-16-5-6-18(15-17(16)2)7-12-21(24)22-19-8-10-20(11-9-19)27(25,26)23-13-3-4-14-23/h5-6,8-11,15H,3-4,7,12-14H2,1-2H3,(H,22,24). The molecule has 6 heteroatoms. The second-order valence-electron chi connectivity index (χ2n) is 7.10. The molecule has 0 radical (unpaired) electrons.